The van der Waals surface area contributed by atoms with Crippen molar-refractivity contribution >= 4 is 5.91 Å². The average Bonchev–Trinajstić information content (AvgIpc) is 3.16. The minimum absolute atomic E-state index is 0.0463. The van der Waals surface area contributed by atoms with Gasteiger partial charge in [-0.3, -0.25) is 9.89 Å². The first kappa shape index (κ1) is 18.4. The normalized spacial score (nSPS) is 16.2. The predicted molar refractivity (Wildman–Crippen MR) is 95.9 cm³/mol. The number of carbonyl (C=O) groups excluding carboxylic acids is 1. The van der Waals surface area contributed by atoms with Gasteiger partial charge in [0, 0.05) is 32.2 Å². The van der Waals surface area contributed by atoms with Gasteiger partial charge in [-0.25, -0.2) is 0 Å². The molecule has 1 aromatic carbocycles. The van der Waals surface area contributed by atoms with Crippen molar-refractivity contribution in [3.63, 3.8) is 0 Å². The molecule has 7 heteroatoms. The number of aromatic amines is 1. The molecule has 1 aliphatic heterocycles. The zero-order valence-corrected chi connectivity index (χ0v) is 15.0. The van der Waals surface area contributed by atoms with Gasteiger partial charge in [0.2, 0.25) is 0 Å². The molecule has 3 rings (SSSR count). The largest absolute Gasteiger partial charge is 0.487 e. The van der Waals surface area contributed by atoms with Crippen LogP contribution in [-0.2, 0) is 11.3 Å². The van der Waals surface area contributed by atoms with Gasteiger partial charge in [0.1, 0.15) is 12.4 Å². The van der Waals surface area contributed by atoms with Crippen LogP contribution in [0.1, 0.15) is 29.0 Å². The number of carbonyl (C=O) groups is 1. The van der Waals surface area contributed by atoms with Gasteiger partial charge >= 0.3 is 0 Å². The average molecular weight is 359 g/mol. The third-order valence-corrected chi connectivity index (χ3v) is 4.80. The summed E-state index contributed by atoms with van der Waals surface area (Å²) in [5, 5.41) is 16.7. The molecule has 1 saturated heterocycles. The van der Waals surface area contributed by atoms with Crippen LogP contribution in [0.15, 0.2) is 36.4 Å². The Morgan fingerprint density at radius 1 is 1.35 bits per heavy atom. The summed E-state index contributed by atoms with van der Waals surface area (Å²) in [7, 11) is 1.74. The molecule has 0 bridgehead atoms. The molecule has 0 atom stereocenters. The summed E-state index contributed by atoms with van der Waals surface area (Å²) in [6.45, 7) is 2.07. The van der Waals surface area contributed by atoms with E-state index in [1.54, 1.807) is 18.0 Å². The number of amides is 1. The molecule has 1 aliphatic rings. The monoisotopic (exact) mass is 359 g/mol. The van der Waals surface area contributed by atoms with Crippen LogP contribution in [0, 0.1) is 5.41 Å². The van der Waals surface area contributed by atoms with Crippen LogP contribution >= 0.6 is 0 Å². The summed E-state index contributed by atoms with van der Waals surface area (Å²) in [6.07, 6.45) is 1.50. The number of para-hydroxylation sites is 1. The van der Waals surface area contributed by atoms with Gasteiger partial charge in [-0.15, -0.1) is 0 Å². The molecule has 26 heavy (non-hydrogen) atoms. The molecule has 1 fully saturated rings. The van der Waals surface area contributed by atoms with Gasteiger partial charge in [-0.1, -0.05) is 18.2 Å². The van der Waals surface area contributed by atoms with E-state index in [9.17, 15) is 9.90 Å². The summed E-state index contributed by atoms with van der Waals surface area (Å²) < 4.78 is 11.0. The maximum absolute atomic E-state index is 12.7. The molecule has 2 aromatic rings. The number of nitrogens with zero attached hydrogens (tertiary/aromatic N) is 2. The van der Waals surface area contributed by atoms with E-state index in [1.807, 2.05) is 30.3 Å². The van der Waals surface area contributed by atoms with Gasteiger partial charge in [-0.05, 0) is 31.0 Å². The Bertz CT molecular complexity index is 711. The van der Waals surface area contributed by atoms with Crippen molar-refractivity contribution in [2.45, 2.75) is 19.4 Å². The molecule has 0 radical (unpaired) electrons. The van der Waals surface area contributed by atoms with Gasteiger partial charge in [-0.2, -0.15) is 5.10 Å². The van der Waals surface area contributed by atoms with Crippen molar-refractivity contribution in [1.82, 2.24) is 15.1 Å². The number of H-pyrrole nitrogens is 1. The first-order chi connectivity index (χ1) is 12.6. The predicted octanol–water partition coefficient (Wildman–Crippen LogP) is 1.85. The Morgan fingerprint density at radius 3 is 2.77 bits per heavy atom. The van der Waals surface area contributed by atoms with Crippen LogP contribution in [0.25, 0.3) is 0 Å². The Kier molecular flexibility index (Phi) is 5.90. The standard InChI is InChI=1S/C19H25N3O4/c1-22(13-19(14-23)7-9-25-10-8-19)18(24)17-11-15(20-21-17)12-26-16-5-3-2-4-6-16/h2-6,11,23H,7-10,12-14H2,1H3,(H,20,21). The van der Waals surface area contributed by atoms with E-state index < -0.39 is 0 Å². The molecule has 0 aliphatic carbocycles. The van der Waals surface area contributed by atoms with Gasteiger partial charge in [0.15, 0.2) is 5.69 Å². The second kappa shape index (κ2) is 8.33. The van der Waals surface area contributed by atoms with Crippen molar-refractivity contribution in [3.8, 4) is 5.75 Å². The number of aliphatic hydroxyl groups is 1. The summed E-state index contributed by atoms with van der Waals surface area (Å²) in [5.41, 5.74) is 0.783. The smallest absolute Gasteiger partial charge is 0.274 e. The van der Waals surface area contributed by atoms with Crippen LogP contribution in [0.5, 0.6) is 5.75 Å². The highest BCUT2D eigenvalue weighted by Gasteiger charge is 2.34. The lowest BCUT2D eigenvalue weighted by Gasteiger charge is -2.38. The number of aliphatic hydroxyl groups excluding tert-OH is 1. The second-order valence-electron chi connectivity index (χ2n) is 6.81. The van der Waals surface area contributed by atoms with Crippen LogP contribution < -0.4 is 4.74 Å². The second-order valence-corrected chi connectivity index (χ2v) is 6.81. The SMILES string of the molecule is CN(CC1(CO)CCOCC1)C(=O)c1cc(COc2ccccc2)[nH]n1. The maximum Gasteiger partial charge on any atom is 0.274 e. The first-order valence-corrected chi connectivity index (χ1v) is 8.78. The number of aromatic nitrogens is 2. The Labute approximate surface area is 152 Å². The molecule has 7 nitrogen and oxygen atoms in total. The van der Waals surface area contributed by atoms with E-state index in [0.29, 0.717) is 32.1 Å². The van der Waals surface area contributed by atoms with Gasteiger partial charge in [0.25, 0.3) is 5.91 Å². The molecular formula is C19H25N3O4. The third-order valence-electron chi connectivity index (χ3n) is 4.80. The summed E-state index contributed by atoms with van der Waals surface area (Å²) in [5.74, 6) is 0.586. The molecule has 2 heterocycles. The number of benzene rings is 1. The fraction of sp³-hybridized carbons (Fsp3) is 0.474. The Balaban J connectivity index is 1.58. The van der Waals surface area contributed by atoms with Crippen LogP contribution in [0.2, 0.25) is 0 Å². The van der Waals surface area contributed by atoms with Crippen LogP contribution in [-0.4, -0.2) is 59.5 Å². The minimum atomic E-state index is -0.293. The third kappa shape index (κ3) is 4.42. The van der Waals surface area contributed by atoms with Crippen molar-refractivity contribution in [3.05, 3.63) is 47.8 Å². The number of hydrogen-bond acceptors (Lipinski definition) is 5. The molecular weight excluding hydrogens is 334 g/mol. The van der Waals surface area contributed by atoms with Gasteiger partial charge in [0.05, 0.1) is 12.3 Å². The molecule has 0 spiro atoms. The van der Waals surface area contributed by atoms with Crippen molar-refractivity contribution < 1.29 is 19.4 Å². The molecule has 0 unspecified atom stereocenters. The van der Waals surface area contributed by atoms with E-state index in [-0.39, 0.29) is 17.9 Å². The highest BCUT2D eigenvalue weighted by atomic mass is 16.5. The molecule has 2 N–H and O–H groups in total. The van der Waals surface area contributed by atoms with Gasteiger partial charge < -0.3 is 19.5 Å². The summed E-state index contributed by atoms with van der Waals surface area (Å²) >= 11 is 0. The zero-order chi connectivity index (χ0) is 18.4. The lowest BCUT2D eigenvalue weighted by atomic mass is 9.80. The molecule has 1 amide bonds. The Morgan fingerprint density at radius 2 is 2.08 bits per heavy atom. The lowest BCUT2D eigenvalue weighted by Crippen LogP contribution is -2.44. The summed E-state index contributed by atoms with van der Waals surface area (Å²) in [4.78, 5) is 14.3. The molecule has 140 valence electrons. The molecule has 0 saturated carbocycles. The lowest BCUT2D eigenvalue weighted by molar-refractivity contribution is -0.0283. The highest BCUT2D eigenvalue weighted by Crippen LogP contribution is 2.31. The minimum Gasteiger partial charge on any atom is -0.487 e. The Hall–Kier alpha value is -2.38. The van der Waals surface area contributed by atoms with E-state index in [4.69, 9.17) is 9.47 Å². The number of rotatable bonds is 7. The summed E-state index contributed by atoms with van der Waals surface area (Å²) in [6, 6.07) is 11.2. The quantitative estimate of drug-likeness (QED) is 0.788. The fourth-order valence-electron chi connectivity index (χ4n) is 3.16. The highest BCUT2D eigenvalue weighted by molar-refractivity contribution is 5.92. The van der Waals surface area contributed by atoms with Crippen molar-refractivity contribution in [2.24, 2.45) is 5.41 Å². The van der Waals surface area contributed by atoms with Crippen molar-refractivity contribution in [1.29, 1.82) is 0 Å². The maximum atomic E-state index is 12.7. The molecule has 1 aromatic heterocycles. The van der Waals surface area contributed by atoms with E-state index >= 15 is 0 Å². The van der Waals surface area contributed by atoms with Crippen LogP contribution in [0.4, 0.5) is 0 Å². The van der Waals surface area contributed by atoms with E-state index in [0.717, 1.165) is 24.3 Å². The first-order valence-electron chi connectivity index (χ1n) is 8.78. The fourth-order valence-corrected chi connectivity index (χ4v) is 3.16. The topological polar surface area (TPSA) is 87.7 Å². The van der Waals surface area contributed by atoms with E-state index in [1.165, 1.54) is 0 Å². The number of nitrogens with one attached hydrogen (secondary N) is 1. The number of hydrogen-bond donors (Lipinski definition) is 2. The van der Waals surface area contributed by atoms with Crippen molar-refractivity contribution in [2.75, 3.05) is 33.4 Å². The van der Waals surface area contributed by atoms with Crippen LogP contribution in [0.3, 0.4) is 0 Å². The van der Waals surface area contributed by atoms with E-state index in [2.05, 4.69) is 10.2 Å². The zero-order valence-electron chi connectivity index (χ0n) is 15.0. The number of ether oxygens (including phenoxy) is 2.